The van der Waals surface area contributed by atoms with Crippen LogP contribution in [0.2, 0.25) is 0 Å². The first kappa shape index (κ1) is 14.8. The Kier molecular flexibility index (Phi) is 4.42. The number of nitrogens with one attached hydrogen (secondary N) is 1. The molecule has 0 radical (unpaired) electrons. The van der Waals surface area contributed by atoms with Gasteiger partial charge in [-0.15, -0.1) is 11.3 Å². The van der Waals surface area contributed by atoms with Crippen molar-refractivity contribution in [1.82, 2.24) is 14.9 Å². The lowest BCUT2D eigenvalue weighted by Gasteiger charge is -2.33. The van der Waals surface area contributed by atoms with Crippen molar-refractivity contribution in [3.63, 3.8) is 0 Å². The molecule has 1 fully saturated rings. The molecule has 0 amide bonds. The van der Waals surface area contributed by atoms with Gasteiger partial charge in [0.05, 0.1) is 11.5 Å². The fraction of sp³-hybridized carbons (Fsp3) is 0.562. The molecule has 2 atom stereocenters. The van der Waals surface area contributed by atoms with Gasteiger partial charge in [0.2, 0.25) is 0 Å². The summed E-state index contributed by atoms with van der Waals surface area (Å²) >= 11 is 1.73. The summed E-state index contributed by atoms with van der Waals surface area (Å²) in [5.74, 6) is 1.59. The van der Waals surface area contributed by atoms with Crippen molar-refractivity contribution in [2.75, 3.05) is 13.7 Å². The number of imidazole rings is 1. The van der Waals surface area contributed by atoms with E-state index in [1.54, 1.807) is 11.3 Å². The Labute approximate surface area is 129 Å². The van der Waals surface area contributed by atoms with Crippen LogP contribution in [-0.2, 0) is 6.54 Å². The Morgan fingerprint density at radius 1 is 1.57 bits per heavy atom. The third-order valence-electron chi connectivity index (χ3n) is 4.91. The van der Waals surface area contributed by atoms with Crippen molar-refractivity contribution in [2.45, 2.75) is 37.8 Å². The van der Waals surface area contributed by atoms with E-state index in [1.165, 1.54) is 17.7 Å². The summed E-state index contributed by atoms with van der Waals surface area (Å²) in [5, 5.41) is 15.2. The molecule has 2 aromatic heterocycles. The zero-order chi connectivity index (χ0) is 14.7. The molecule has 0 aromatic carbocycles. The SMILES string of the molecule is CNC1(CO)CCCC1CCn1ccnc1-c1cccs1. The van der Waals surface area contributed by atoms with Crippen LogP contribution in [0.15, 0.2) is 29.9 Å². The minimum absolute atomic E-state index is 0.0797. The predicted molar refractivity (Wildman–Crippen MR) is 86.4 cm³/mol. The topological polar surface area (TPSA) is 50.1 Å². The molecule has 0 spiro atoms. The van der Waals surface area contributed by atoms with E-state index in [1.807, 2.05) is 13.2 Å². The summed E-state index contributed by atoms with van der Waals surface area (Å²) in [6.45, 7) is 1.19. The number of rotatable bonds is 6. The largest absolute Gasteiger partial charge is 0.394 e. The van der Waals surface area contributed by atoms with Crippen molar-refractivity contribution in [2.24, 2.45) is 5.92 Å². The number of thiophene rings is 1. The Bertz CT molecular complexity index is 560. The lowest BCUT2D eigenvalue weighted by Crippen LogP contribution is -2.49. The summed E-state index contributed by atoms with van der Waals surface area (Å²) in [6, 6.07) is 4.18. The summed E-state index contributed by atoms with van der Waals surface area (Å²) in [7, 11) is 1.98. The average Bonchev–Trinajstić information content (AvgIpc) is 3.24. The zero-order valence-electron chi connectivity index (χ0n) is 12.5. The molecule has 2 N–H and O–H groups in total. The highest BCUT2D eigenvalue weighted by atomic mass is 32.1. The molecule has 2 heterocycles. The lowest BCUT2D eigenvalue weighted by molar-refractivity contribution is 0.124. The highest BCUT2D eigenvalue weighted by Gasteiger charge is 2.40. The molecule has 114 valence electrons. The first-order valence-electron chi connectivity index (χ1n) is 7.64. The first-order valence-corrected chi connectivity index (χ1v) is 8.52. The standard InChI is InChI=1S/C16H23N3OS/c1-17-16(12-20)7-2-4-13(16)6-9-19-10-8-18-15(19)14-5-3-11-21-14/h3,5,8,10-11,13,17,20H,2,4,6-7,9,12H2,1H3. The van der Waals surface area contributed by atoms with E-state index in [-0.39, 0.29) is 12.1 Å². The van der Waals surface area contributed by atoms with Crippen molar-refractivity contribution in [3.05, 3.63) is 29.9 Å². The van der Waals surface area contributed by atoms with Crippen molar-refractivity contribution in [1.29, 1.82) is 0 Å². The van der Waals surface area contributed by atoms with Gasteiger partial charge in [-0.25, -0.2) is 4.98 Å². The number of aliphatic hydroxyl groups is 1. The second kappa shape index (κ2) is 6.30. The van der Waals surface area contributed by atoms with E-state index in [2.05, 4.69) is 38.6 Å². The molecule has 2 aromatic rings. The minimum atomic E-state index is -0.0797. The van der Waals surface area contributed by atoms with Gasteiger partial charge in [0.15, 0.2) is 0 Å². The van der Waals surface area contributed by atoms with Crippen LogP contribution in [0.5, 0.6) is 0 Å². The molecule has 0 saturated heterocycles. The van der Waals surface area contributed by atoms with Crippen molar-refractivity contribution < 1.29 is 5.11 Å². The van der Waals surface area contributed by atoms with E-state index in [0.717, 1.165) is 25.2 Å². The van der Waals surface area contributed by atoms with Gasteiger partial charge in [-0.2, -0.15) is 0 Å². The van der Waals surface area contributed by atoms with Crippen LogP contribution in [0.4, 0.5) is 0 Å². The highest BCUT2D eigenvalue weighted by molar-refractivity contribution is 7.13. The van der Waals surface area contributed by atoms with Gasteiger partial charge in [0, 0.05) is 24.5 Å². The second-order valence-corrected chi connectivity index (χ2v) is 6.81. The third kappa shape index (κ3) is 2.78. The van der Waals surface area contributed by atoms with E-state index in [0.29, 0.717) is 5.92 Å². The molecule has 3 rings (SSSR count). The molecular weight excluding hydrogens is 282 g/mol. The smallest absolute Gasteiger partial charge is 0.149 e. The fourth-order valence-electron chi connectivity index (χ4n) is 3.60. The number of nitrogens with zero attached hydrogens (tertiary/aromatic N) is 2. The van der Waals surface area contributed by atoms with Gasteiger partial charge in [-0.05, 0) is 43.7 Å². The van der Waals surface area contributed by atoms with Crippen LogP contribution in [0.1, 0.15) is 25.7 Å². The lowest BCUT2D eigenvalue weighted by atomic mass is 9.85. The second-order valence-electron chi connectivity index (χ2n) is 5.86. The van der Waals surface area contributed by atoms with Crippen LogP contribution < -0.4 is 5.32 Å². The molecule has 2 unspecified atom stereocenters. The third-order valence-corrected chi connectivity index (χ3v) is 5.78. The maximum atomic E-state index is 9.77. The maximum absolute atomic E-state index is 9.77. The number of hydrogen-bond acceptors (Lipinski definition) is 4. The monoisotopic (exact) mass is 305 g/mol. The van der Waals surface area contributed by atoms with Crippen LogP contribution >= 0.6 is 11.3 Å². The van der Waals surface area contributed by atoms with Gasteiger partial charge in [-0.3, -0.25) is 0 Å². The minimum Gasteiger partial charge on any atom is -0.394 e. The number of aliphatic hydroxyl groups excluding tert-OH is 1. The van der Waals surface area contributed by atoms with E-state index in [9.17, 15) is 5.11 Å². The quantitative estimate of drug-likeness (QED) is 0.863. The molecule has 1 aliphatic carbocycles. The summed E-state index contributed by atoms with van der Waals surface area (Å²) in [6.07, 6.45) is 8.49. The normalized spacial score (nSPS) is 25.5. The van der Waals surface area contributed by atoms with E-state index < -0.39 is 0 Å². The Morgan fingerprint density at radius 2 is 2.48 bits per heavy atom. The molecule has 4 nitrogen and oxygen atoms in total. The molecule has 1 aliphatic rings. The molecule has 1 saturated carbocycles. The van der Waals surface area contributed by atoms with Crippen LogP contribution in [0.25, 0.3) is 10.7 Å². The molecule has 5 heteroatoms. The van der Waals surface area contributed by atoms with Gasteiger partial charge >= 0.3 is 0 Å². The van der Waals surface area contributed by atoms with Crippen molar-refractivity contribution >= 4 is 11.3 Å². The number of hydrogen-bond donors (Lipinski definition) is 2. The fourth-order valence-corrected chi connectivity index (χ4v) is 4.33. The average molecular weight is 305 g/mol. The molecule has 0 bridgehead atoms. The summed E-state index contributed by atoms with van der Waals surface area (Å²) in [4.78, 5) is 5.71. The van der Waals surface area contributed by atoms with Crippen LogP contribution in [-0.4, -0.2) is 33.9 Å². The first-order chi connectivity index (χ1) is 10.3. The highest BCUT2D eigenvalue weighted by Crippen LogP contribution is 2.38. The number of aromatic nitrogens is 2. The van der Waals surface area contributed by atoms with Gasteiger partial charge < -0.3 is 15.0 Å². The van der Waals surface area contributed by atoms with Crippen LogP contribution in [0.3, 0.4) is 0 Å². The molecular formula is C16H23N3OS. The van der Waals surface area contributed by atoms with Gasteiger partial charge in [-0.1, -0.05) is 12.5 Å². The predicted octanol–water partition coefficient (Wildman–Crippen LogP) is 2.75. The van der Waals surface area contributed by atoms with Gasteiger partial charge in [0.25, 0.3) is 0 Å². The summed E-state index contributed by atoms with van der Waals surface area (Å²) < 4.78 is 2.24. The van der Waals surface area contributed by atoms with Crippen molar-refractivity contribution in [3.8, 4) is 10.7 Å². The zero-order valence-corrected chi connectivity index (χ0v) is 13.3. The Balaban J connectivity index is 1.70. The van der Waals surface area contributed by atoms with E-state index in [4.69, 9.17) is 0 Å². The molecule has 0 aliphatic heterocycles. The number of aryl methyl sites for hydroxylation is 1. The maximum Gasteiger partial charge on any atom is 0.149 e. The Hall–Kier alpha value is -1.17. The number of likely N-dealkylation sites (N-methyl/N-ethyl adjacent to an activating group) is 1. The van der Waals surface area contributed by atoms with Crippen LogP contribution in [0, 0.1) is 5.92 Å². The Morgan fingerprint density at radius 3 is 3.19 bits per heavy atom. The molecule has 21 heavy (non-hydrogen) atoms. The van der Waals surface area contributed by atoms with Gasteiger partial charge in [0.1, 0.15) is 5.82 Å². The summed E-state index contributed by atoms with van der Waals surface area (Å²) in [5.41, 5.74) is -0.0797. The van der Waals surface area contributed by atoms with E-state index >= 15 is 0 Å².